The molecule has 0 unspecified atom stereocenters. The summed E-state index contributed by atoms with van der Waals surface area (Å²) in [7, 11) is 0. The number of aromatic nitrogens is 1. The summed E-state index contributed by atoms with van der Waals surface area (Å²) in [5.74, 6) is -1.77. The van der Waals surface area contributed by atoms with Gasteiger partial charge in [-0.3, -0.25) is 19.3 Å². The molecule has 3 rings (SSSR count). The number of nitrogens with zero attached hydrogens (tertiary/aromatic N) is 2. The van der Waals surface area contributed by atoms with Crippen LogP contribution in [0.25, 0.3) is 5.57 Å². The number of thioether (sulfide) groups is 1. The number of allylic oxidation sites excluding steroid dienone is 1. The van der Waals surface area contributed by atoms with Gasteiger partial charge >= 0.3 is 11.9 Å². The number of hydrogen-bond acceptors (Lipinski definition) is 10. The Morgan fingerprint density at radius 3 is 2.80 bits per heavy atom. The van der Waals surface area contributed by atoms with E-state index < -0.39 is 42.0 Å². The fourth-order valence-electron chi connectivity index (χ4n) is 2.92. The molecule has 0 aromatic carbocycles. The molecule has 3 N–H and O–H groups in total. The minimum absolute atomic E-state index is 0.0676. The molecular formula is C18H20N4O6S2. The summed E-state index contributed by atoms with van der Waals surface area (Å²) in [6.45, 7) is 2.54. The van der Waals surface area contributed by atoms with Crippen LogP contribution in [0.4, 0.5) is 5.13 Å². The SMILES string of the molecule is CCC=C(C(=O)N[C@@H]1C(=O)N2C(C(=O)OCOC(C)=O)=CCS[C@@H]12)c1csc(N)n1. The molecule has 2 aliphatic rings. The van der Waals surface area contributed by atoms with Crippen molar-refractivity contribution >= 4 is 57.6 Å². The van der Waals surface area contributed by atoms with Crippen LogP contribution in [-0.4, -0.2) is 57.6 Å². The van der Waals surface area contributed by atoms with Crippen molar-refractivity contribution in [1.29, 1.82) is 0 Å². The molecule has 1 aromatic heterocycles. The number of nitrogen functional groups attached to an aromatic ring is 1. The third-order valence-corrected chi connectivity index (χ3v) is 6.10. The Balaban J connectivity index is 1.66. The average Bonchev–Trinajstić information content (AvgIpc) is 3.14. The molecule has 1 fully saturated rings. The van der Waals surface area contributed by atoms with Crippen LogP contribution in [0.5, 0.6) is 0 Å². The number of carbonyl (C=O) groups is 4. The quantitative estimate of drug-likeness (QED) is 0.267. The van der Waals surface area contributed by atoms with E-state index in [1.807, 2.05) is 6.92 Å². The highest BCUT2D eigenvalue weighted by molar-refractivity contribution is 8.00. The third-order valence-electron chi connectivity index (χ3n) is 4.25. The monoisotopic (exact) mass is 452 g/mol. The van der Waals surface area contributed by atoms with E-state index in [1.54, 1.807) is 17.5 Å². The number of amides is 2. The van der Waals surface area contributed by atoms with Crippen LogP contribution in [0.1, 0.15) is 26.0 Å². The summed E-state index contributed by atoms with van der Waals surface area (Å²) >= 11 is 2.63. The number of β-lactam (4-membered cyclic amide) rings is 1. The van der Waals surface area contributed by atoms with Gasteiger partial charge < -0.3 is 20.5 Å². The van der Waals surface area contributed by atoms with Crippen LogP contribution >= 0.6 is 23.1 Å². The van der Waals surface area contributed by atoms with E-state index in [0.29, 0.717) is 28.6 Å². The number of hydrogen-bond donors (Lipinski definition) is 2. The fraction of sp³-hybridized carbons (Fsp3) is 0.389. The van der Waals surface area contributed by atoms with Crippen molar-refractivity contribution in [2.45, 2.75) is 31.7 Å². The molecule has 0 radical (unpaired) electrons. The maximum atomic E-state index is 12.8. The molecule has 2 atom stereocenters. The first-order valence-electron chi connectivity index (χ1n) is 9.01. The number of anilines is 1. The van der Waals surface area contributed by atoms with Gasteiger partial charge in [0.25, 0.3) is 11.8 Å². The van der Waals surface area contributed by atoms with Crippen LogP contribution < -0.4 is 11.1 Å². The Bertz CT molecular complexity index is 941. The lowest BCUT2D eigenvalue weighted by atomic mass is 10.0. The number of rotatable bonds is 7. The van der Waals surface area contributed by atoms with Gasteiger partial charge in [-0.05, 0) is 12.5 Å². The second kappa shape index (κ2) is 9.30. The van der Waals surface area contributed by atoms with Gasteiger partial charge in [0.2, 0.25) is 6.79 Å². The highest BCUT2D eigenvalue weighted by Gasteiger charge is 2.53. The number of carbonyl (C=O) groups excluding carboxylic acids is 4. The van der Waals surface area contributed by atoms with Gasteiger partial charge in [0.05, 0.1) is 11.3 Å². The summed E-state index contributed by atoms with van der Waals surface area (Å²) in [5, 5.41) is 4.32. The summed E-state index contributed by atoms with van der Waals surface area (Å²) in [5.41, 5.74) is 6.52. The van der Waals surface area contributed by atoms with Gasteiger partial charge in [-0.25, -0.2) is 9.78 Å². The highest BCUT2D eigenvalue weighted by Crippen LogP contribution is 2.38. The molecule has 2 amide bonds. The van der Waals surface area contributed by atoms with E-state index in [2.05, 4.69) is 15.0 Å². The van der Waals surface area contributed by atoms with Crippen molar-refractivity contribution in [1.82, 2.24) is 15.2 Å². The largest absolute Gasteiger partial charge is 0.428 e. The molecule has 0 bridgehead atoms. The topological polar surface area (TPSA) is 141 Å². The van der Waals surface area contributed by atoms with Crippen molar-refractivity contribution in [3.63, 3.8) is 0 Å². The third kappa shape index (κ3) is 4.49. The Hall–Kier alpha value is -2.86. The fourth-order valence-corrected chi connectivity index (χ4v) is 4.68. The maximum absolute atomic E-state index is 12.8. The molecule has 0 aliphatic carbocycles. The van der Waals surface area contributed by atoms with Crippen molar-refractivity contribution in [2.24, 2.45) is 0 Å². The zero-order valence-corrected chi connectivity index (χ0v) is 17.9. The molecule has 10 nitrogen and oxygen atoms in total. The Morgan fingerprint density at radius 1 is 1.40 bits per heavy atom. The van der Waals surface area contributed by atoms with Crippen LogP contribution in [0.15, 0.2) is 23.2 Å². The highest BCUT2D eigenvalue weighted by atomic mass is 32.2. The Labute approximate surface area is 180 Å². The number of thiazole rings is 1. The van der Waals surface area contributed by atoms with Crippen molar-refractivity contribution in [3.05, 3.63) is 28.9 Å². The predicted molar refractivity (Wildman–Crippen MR) is 111 cm³/mol. The van der Waals surface area contributed by atoms with E-state index in [9.17, 15) is 19.2 Å². The molecule has 30 heavy (non-hydrogen) atoms. The van der Waals surface area contributed by atoms with Crippen molar-refractivity contribution in [3.8, 4) is 0 Å². The normalized spacial score (nSPS) is 20.6. The molecule has 160 valence electrons. The first-order valence-corrected chi connectivity index (χ1v) is 10.9. The number of nitrogens with two attached hydrogens (primary N) is 1. The van der Waals surface area contributed by atoms with Gasteiger partial charge in [0.15, 0.2) is 5.13 Å². The van der Waals surface area contributed by atoms with Gasteiger partial charge in [-0.15, -0.1) is 23.1 Å². The summed E-state index contributed by atoms with van der Waals surface area (Å²) in [6, 6.07) is -0.788. The van der Waals surface area contributed by atoms with E-state index >= 15 is 0 Å². The first-order chi connectivity index (χ1) is 14.3. The van der Waals surface area contributed by atoms with Gasteiger partial charge in [0.1, 0.15) is 17.1 Å². The van der Waals surface area contributed by atoms with E-state index in [4.69, 9.17) is 10.5 Å². The van der Waals surface area contributed by atoms with E-state index in [-0.39, 0.29) is 5.70 Å². The second-order valence-electron chi connectivity index (χ2n) is 6.26. The molecule has 0 spiro atoms. The Morgan fingerprint density at radius 2 is 2.17 bits per heavy atom. The first kappa shape index (κ1) is 21.8. The minimum atomic E-state index is -0.788. The summed E-state index contributed by atoms with van der Waals surface area (Å²) < 4.78 is 9.45. The van der Waals surface area contributed by atoms with Crippen LogP contribution in [0.2, 0.25) is 0 Å². The molecule has 1 aromatic rings. The van der Waals surface area contributed by atoms with Gasteiger partial charge in [0, 0.05) is 18.1 Å². The standard InChI is InChI=1S/C18H20N4O6S2/c1-3-4-10(11-7-30-18(19)20-11)14(24)21-13-15(25)22-12(5-6-29-16(13)22)17(26)28-8-27-9(2)23/h4-5,7,13,16H,3,6,8H2,1-2H3,(H2,19,20)(H,21,24)/t13-,16+/m1/s1. The molecule has 2 aliphatic heterocycles. The summed E-state index contributed by atoms with van der Waals surface area (Å²) in [4.78, 5) is 53.9. The van der Waals surface area contributed by atoms with Gasteiger partial charge in [-0.2, -0.15) is 0 Å². The van der Waals surface area contributed by atoms with Crippen LogP contribution in [-0.2, 0) is 28.7 Å². The van der Waals surface area contributed by atoms with Crippen LogP contribution in [0.3, 0.4) is 0 Å². The minimum Gasteiger partial charge on any atom is -0.428 e. The number of ether oxygens (including phenoxy) is 2. The molecule has 1 saturated heterocycles. The maximum Gasteiger partial charge on any atom is 0.357 e. The molecular weight excluding hydrogens is 432 g/mol. The average molecular weight is 453 g/mol. The second-order valence-corrected chi connectivity index (χ2v) is 8.29. The zero-order valence-electron chi connectivity index (χ0n) is 16.2. The molecule has 12 heteroatoms. The lowest BCUT2D eigenvalue weighted by Gasteiger charge is -2.48. The van der Waals surface area contributed by atoms with Crippen LogP contribution in [0, 0.1) is 0 Å². The lowest BCUT2D eigenvalue weighted by molar-refractivity contribution is -0.166. The van der Waals surface area contributed by atoms with E-state index in [0.717, 1.165) is 0 Å². The smallest absolute Gasteiger partial charge is 0.357 e. The summed E-state index contributed by atoms with van der Waals surface area (Å²) in [6.07, 6.45) is 3.88. The predicted octanol–water partition coefficient (Wildman–Crippen LogP) is 0.866. The molecule has 0 saturated carbocycles. The van der Waals surface area contributed by atoms with Gasteiger partial charge in [-0.1, -0.05) is 13.0 Å². The number of fused-ring (bicyclic) bond motifs is 1. The molecule has 3 heterocycles. The number of esters is 2. The number of nitrogens with one attached hydrogen (secondary N) is 1. The van der Waals surface area contributed by atoms with E-state index in [1.165, 1.54) is 34.9 Å². The van der Waals surface area contributed by atoms with Crippen molar-refractivity contribution in [2.75, 3.05) is 18.3 Å². The zero-order chi connectivity index (χ0) is 21.8. The van der Waals surface area contributed by atoms with Crippen molar-refractivity contribution < 1.29 is 28.7 Å². The Kier molecular flexibility index (Phi) is 6.77. The lowest BCUT2D eigenvalue weighted by Crippen LogP contribution is -2.70.